The molecule has 0 aliphatic carbocycles. The molecule has 0 atom stereocenters. The van der Waals surface area contributed by atoms with Crippen molar-refractivity contribution in [3.05, 3.63) is 12.7 Å². The monoisotopic (exact) mass is 242 g/mol. The standard InChI is InChI=1S/C3H6Br2.C3H6/c1-2-3(4)5;1-3-2/h3H,2H2,1H3;3H,1H2,2H3. The second-order valence-corrected chi connectivity index (χ2v) is 4.65. The third-order valence-electron chi connectivity index (χ3n) is 0.309. The Hall–Kier alpha value is 0.700. The van der Waals surface area contributed by atoms with Crippen LogP contribution >= 0.6 is 31.9 Å². The lowest BCUT2D eigenvalue weighted by Crippen LogP contribution is -1.73. The molecule has 0 aromatic rings. The normalized spacial score (nSPS) is 7.62. The molecule has 0 aliphatic rings. The van der Waals surface area contributed by atoms with E-state index >= 15 is 0 Å². The van der Waals surface area contributed by atoms with E-state index in [1.54, 1.807) is 6.08 Å². The third kappa shape index (κ3) is 29.9. The zero-order valence-electron chi connectivity index (χ0n) is 5.32. The van der Waals surface area contributed by atoms with E-state index in [0.717, 1.165) is 6.42 Å². The summed E-state index contributed by atoms with van der Waals surface area (Å²) >= 11 is 6.58. The summed E-state index contributed by atoms with van der Waals surface area (Å²) in [5.74, 6) is 0. The fourth-order valence-corrected chi connectivity index (χ4v) is 0. The molecule has 0 unspecified atom stereocenters. The maximum Gasteiger partial charge on any atom is 0.0695 e. The first kappa shape index (κ1) is 11.5. The molecule has 2 heteroatoms. The molecule has 50 valence electrons. The number of hydrogen-bond acceptors (Lipinski definition) is 0. The minimum absolute atomic E-state index is 0.509. The van der Waals surface area contributed by atoms with E-state index in [9.17, 15) is 0 Å². The highest BCUT2D eigenvalue weighted by Gasteiger charge is 1.85. The van der Waals surface area contributed by atoms with Crippen LogP contribution in [0.25, 0.3) is 0 Å². The molecule has 0 aromatic carbocycles. The molecule has 0 N–H and O–H groups in total. The highest BCUT2D eigenvalue weighted by atomic mass is 79.9. The lowest BCUT2D eigenvalue weighted by Gasteiger charge is -1.85. The van der Waals surface area contributed by atoms with Crippen molar-refractivity contribution < 1.29 is 0 Å². The fourth-order valence-electron chi connectivity index (χ4n) is 0. The molecule has 0 aliphatic heterocycles. The smallest absolute Gasteiger partial charge is 0.0695 e. The van der Waals surface area contributed by atoms with Crippen molar-refractivity contribution in [1.82, 2.24) is 0 Å². The molecule has 0 spiro atoms. The molecule has 0 aromatic heterocycles. The van der Waals surface area contributed by atoms with Gasteiger partial charge < -0.3 is 0 Å². The Labute approximate surface area is 68.6 Å². The fraction of sp³-hybridized carbons (Fsp3) is 0.667. The van der Waals surface area contributed by atoms with Gasteiger partial charge in [0.15, 0.2) is 0 Å². The van der Waals surface area contributed by atoms with Crippen molar-refractivity contribution in [3.63, 3.8) is 0 Å². The van der Waals surface area contributed by atoms with Gasteiger partial charge in [-0.3, -0.25) is 0 Å². The van der Waals surface area contributed by atoms with Crippen LogP contribution in [0.3, 0.4) is 0 Å². The van der Waals surface area contributed by atoms with Gasteiger partial charge >= 0.3 is 0 Å². The van der Waals surface area contributed by atoms with Gasteiger partial charge in [0.1, 0.15) is 0 Å². The van der Waals surface area contributed by atoms with E-state index < -0.39 is 0 Å². The molecule has 0 saturated carbocycles. The van der Waals surface area contributed by atoms with Gasteiger partial charge in [-0.05, 0) is 13.3 Å². The Bertz CT molecular complexity index is 41.8. The average Bonchev–Trinajstić information content (AvgIpc) is 1.69. The molecule has 0 amide bonds. The zero-order valence-corrected chi connectivity index (χ0v) is 8.50. The lowest BCUT2D eigenvalue weighted by molar-refractivity contribution is 1.08. The molecule has 0 radical (unpaired) electrons. The summed E-state index contributed by atoms with van der Waals surface area (Å²) < 4.78 is 0.509. The molecular formula is C6H12Br2. The Morgan fingerprint density at radius 1 is 1.62 bits per heavy atom. The van der Waals surface area contributed by atoms with Gasteiger partial charge in [0, 0.05) is 0 Å². The molecule has 8 heavy (non-hydrogen) atoms. The van der Waals surface area contributed by atoms with Crippen LogP contribution < -0.4 is 0 Å². The molecule has 0 heterocycles. The van der Waals surface area contributed by atoms with Crippen molar-refractivity contribution >= 4 is 31.9 Å². The van der Waals surface area contributed by atoms with Crippen molar-refractivity contribution in [2.24, 2.45) is 0 Å². The largest absolute Gasteiger partial charge is 0.103 e. The number of allylic oxidation sites excluding steroid dienone is 1. The van der Waals surface area contributed by atoms with Crippen LogP contribution in [0.4, 0.5) is 0 Å². The van der Waals surface area contributed by atoms with Crippen molar-refractivity contribution in [3.8, 4) is 0 Å². The van der Waals surface area contributed by atoms with Crippen LogP contribution in [0.1, 0.15) is 20.3 Å². The predicted octanol–water partition coefficient (Wildman–Crippen LogP) is 3.70. The summed E-state index contributed by atoms with van der Waals surface area (Å²) in [6, 6.07) is 0. The van der Waals surface area contributed by atoms with Crippen LogP contribution in [-0.2, 0) is 0 Å². The van der Waals surface area contributed by atoms with E-state index in [-0.39, 0.29) is 0 Å². The summed E-state index contributed by atoms with van der Waals surface area (Å²) in [4.78, 5) is 0. The van der Waals surface area contributed by atoms with Gasteiger partial charge in [-0.25, -0.2) is 0 Å². The maximum absolute atomic E-state index is 3.36. The highest BCUT2D eigenvalue weighted by Crippen LogP contribution is 2.10. The predicted molar refractivity (Wildman–Crippen MR) is 47.8 cm³/mol. The van der Waals surface area contributed by atoms with Crippen molar-refractivity contribution in [2.75, 3.05) is 0 Å². The van der Waals surface area contributed by atoms with Gasteiger partial charge in [0.25, 0.3) is 0 Å². The minimum atomic E-state index is 0.509. The van der Waals surface area contributed by atoms with Crippen LogP contribution in [0.2, 0.25) is 0 Å². The van der Waals surface area contributed by atoms with Gasteiger partial charge in [-0.15, -0.1) is 6.58 Å². The first-order valence-corrected chi connectivity index (χ1v) is 4.37. The molecule has 0 nitrogen and oxygen atoms in total. The quantitative estimate of drug-likeness (QED) is 0.487. The summed E-state index contributed by atoms with van der Waals surface area (Å²) in [6.45, 7) is 7.36. The van der Waals surface area contributed by atoms with Crippen LogP contribution in [0, 0.1) is 0 Å². The Morgan fingerprint density at radius 2 is 1.75 bits per heavy atom. The van der Waals surface area contributed by atoms with Gasteiger partial charge in [-0.1, -0.05) is 44.9 Å². The lowest BCUT2D eigenvalue weighted by atomic mass is 10.6. The second-order valence-electron chi connectivity index (χ2n) is 1.21. The van der Waals surface area contributed by atoms with Crippen molar-refractivity contribution in [2.45, 2.75) is 24.0 Å². The van der Waals surface area contributed by atoms with Gasteiger partial charge in [0.2, 0.25) is 0 Å². The van der Waals surface area contributed by atoms with Gasteiger partial charge in [0.05, 0.1) is 3.74 Å². The number of halogens is 2. The molecule has 0 rings (SSSR count). The first-order chi connectivity index (χ1) is 3.68. The Kier molecular flexibility index (Phi) is 15.3. The minimum Gasteiger partial charge on any atom is -0.103 e. The number of hydrogen-bond donors (Lipinski definition) is 0. The highest BCUT2D eigenvalue weighted by molar-refractivity contribution is 9.24. The Morgan fingerprint density at radius 3 is 1.75 bits per heavy atom. The molecule has 0 saturated heterocycles. The van der Waals surface area contributed by atoms with E-state index in [1.807, 2.05) is 6.92 Å². The molecule has 0 bridgehead atoms. The molecular weight excluding hydrogens is 232 g/mol. The topological polar surface area (TPSA) is 0 Å². The van der Waals surface area contributed by atoms with Crippen LogP contribution in [0.5, 0.6) is 0 Å². The van der Waals surface area contributed by atoms with Crippen LogP contribution in [-0.4, -0.2) is 3.74 Å². The average molecular weight is 244 g/mol. The maximum atomic E-state index is 3.36. The number of rotatable bonds is 1. The van der Waals surface area contributed by atoms with E-state index in [2.05, 4.69) is 45.4 Å². The third-order valence-corrected chi connectivity index (χ3v) is 1.60. The number of alkyl halides is 2. The zero-order chi connectivity index (χ0) is 6.99. The van der Waals surface area contributed by atoms with E-state index in [4.69, 9.17) is 0 Å². The SMILES string of the molecule is C=CC.CCC(Br)Br. The Balaban J connectivity index is 0. The summed E-state index contributed by atoms with van der Waals surface area (Å²) in [5.41, 5.74) is 0. The van der Waals surface area contributed by atoms with Crippen LogP contribution in [0.15, 0.2) is 12.7 Å². The summed E-state index contributed by atoms with van der Waals surface area (Å²) in [5, 5.41) is 0. The second kappa shape index (κ2) is 10.6. The summed E-state index contributed by atoms with van der Waals surface area (Å²) in [7, 11) is 0. The van der Waals surface area contributed by atoms with E-state index in [1.165, 1.54) is 0 Å². The molecule has 0 fully saturated rings. The van der Waals surface area contributed by atoms with Gasteiger partial charge in [-0.2, -0.15) is 0 Å². The van der Waals surface area contributed by atoms with E-state index in [0.29, 0.717) is 3.74 Å². The van der Waals surface area contributed by atoms with Crippen molar-refractivity contribution in [1.29, 1.82) is 0 Å². The summed E-state index contributed by atoms with van der Waals surface area (Å²) in [6.07, 6.45) is 2.89. The first-order valence-electron chi connectivity index (χ1n) is 2.54.